The first-order chi connectivity index (χ1) is 9.18. The molecule has 0 bridgehead atoms. The van der Waals surface area contributed by atoms with Crippen molar-refractivity contribution in [3.63, 3.8) is 0 Å². The number of pyridine rings is 1. The Balaban J connectivity index is 2.61. The number of nitrogens with two attached hydrogens (primary N) is 1. The average Bonchev–Trinajstić information content (AvgIpc) is 2.33. The Hall–Kier alpha value is -1.17. The fourth-order valence-corrected chi connectivity index (χ4v) is 2.18. The maximum Gasteiger partial charge on any atom is 0.433 e. The number of aromatic nitrogens is 1. The summed E-state index contributed by atoms with van der Waals surface area (Å²) in [6.07, 6.45) is -4.59. The molecule has 2 N–H and O–H groups in total. The quantitative estimate of drug-likeness (QED) is 0.714. The normalized spacial score (nSPS) is 11.7. The van der Waals surface area contributed by atoms with Crippen LogP contribution in [-0.4, -0.2) is 4.98 Å². The van der Waals surface area contributed by atoms with Gasteiger partial charge in [-0.2, -0.15) is 13.2 Å². The zero-order valence-corrected chi connectivity index (χ0v) is 11.9. The van der Waals surface area contributed by atoms with Crippen LogP contribution in [0.5, 0.6) is 0 Å². The van der Waals surface area contributed by atoms with E-state index >= 15 is 0 Å². The minimum atomic E-state index is -4.59. The Bertz CT molecular complexity index is 648. The number of rotatable bonds is 1. The molecule has 0 aliphatic rings. The van der Waals surface area contributed by atoms with Crippen molar-refractivity contribution < 1.29 is 13.2 Å². The number of halogens is 6. The van der Waals surface area contributed by atoms with E-state index in [1.807, 2.05) is 0 Å². The fraction of sp³-hybridized carbons (Fsp3) is 0.0833. The molecule has 2 aromatic rings. The molecule has 1 aromatic heterocycles. The number of hydrogen-bond acceptors (Lipinski definition) is 2. The van der Waals surface area contributed by atoms with Gasteiger partial charge in [0.05, 0.1) is 15.1 Å². The SMILES string of the molecule is Nc1cc(-c2cc(Cl)c(Cl)c(Cl)c2)cc(C(F)(F)F)n1. The standard InChI is InChI=1S/C12H6Cl3F3N2/c13-7-1-5(2-8(14)11(7)15)6-3-9(12(16,17)18)20-10(19)4-6/h1-4H,(H2,19,20). The third-order valence-corrected chi connectivity index (χ3v) is 3.65. The Kier molecular flexibility index (Phi) is 4.04. The summed E-state index contributed by atoms with van der Waals surface area (Å²) in [5, 5.41) is 0.409. The Morgan fingerprint density at radius 3 is 1.90 bits per heavy atom. The smallest absolute Gasteiger partial charge is 0.384 e. The number of benzene rings is 1. The zero-order valence-electron chi connectivity index (χ0n) is 9.60. The molecule has 2 nitrogen and oxygen atoms in total. The van der Waals surface area contributed by atoms with Crippen molar-refractivity contribution in [2.24, 2.45) is 0 Å². The van der Waals surface area contributed by atoms with Crippen LogP contribution in [0.1, 0.15) is 5.69 Å². The van der Waals surface area contributed by atoms with Gasteiger partial charge < -0.3 is 5.73 Å². The van der Waals surface area contributed by atoms with E-state index in [1.165, 1.54) is 18.2 Å². The maximum absolute atomic E-state index is 12.7. The van der Waals surface area contributed by atoms with Crippen LogP contribution < -0.4 is 5.73 Å². The molecule has 0 unspecified atom stereocenters. The lowest BCUT2D eigenvalue weighted by molar-refractivity contribution is -0.141. The minimum absolute atomic E-state index is 0.134. The first-order valence-corrected chi connectivity index (χ1v) is 6.31. The van der Waals surface area contributed by atoms with Crippen LogP contribution in [0.3, 0.4) is 0 Å². The van der Waals surface area contributed by atoms with Crippen LogP contribution in [-0.2, 0) is 6.18 Å². The largest absolute Gasteiger partial charge is 0.433 e. The van der Waals surface area contributed by atoms with Crippen LogP contribution >= 0.6 is 34.8 Å². The van der Waals surface area contributed by atoms with Gasteiger partial charge in [-0.3, -0.25) is 0 Å². The van der Waals surface area contributed by atoms with Crippen LogP contribution in [0.25, 0.3) is 11.1 Å². The number of nitrogens with zero attached hydrogens (tertiary/aromatic N) is 1. The highest BCUT2D eigenvalue weighted by molar-refractivity contribution is 6.48. The van der Waals surface area contributed by atoms with E-state index in [9.17, 15) is 13.2 Å². The molecule has 0 aliphatic carbocycles. The van der Waals surface area contributed by atoms with Crippen LogP contribution in [0.15, 0.2) is 24.3 Å². The van der Waals surface area contributed by atoms with E-state index in [1.54, 1.807) is 0 Å². The van der Waals surface area contributed by atoms with Gasteiger partial charge in [0, 0.05) is 0 Å². The second-order valence-corrected chi connectivity index (χ2v) is 5.11. The minimum Gasteiger partial charge on any atom is -0.384 e. The summed E-state index contributed by atoms with van der Waals surface area (Å²) in [7, 11) is 0. The highest BCUT2D eigenvalue weighted by Gasteiger charge is 2.33. The number of anilines is 1. The molecule has 0 saturated heterocycles. The predicted molar refractivity (Wildman–Crippen MR) is 74.1 cm³/mol. The van der Waals surface area contributed by atoms with Crippen molar-refractivity contribution in [1.82, 2.24) is 4.98 Å². The van der Waals surface area contributed by atoms with Gasteiger partial charge in [-0.05, 0) is 35.4 Å². The van der Waals surface area contributed by atoms with Crippen LogP contribution in [0.2, 0.25) is 15.1 Å². The molecule has 2 rings (SSSR count). The lowest BCUT2D eigenvalue weighted by Crippen LogP contribution is -2.09. The van der Waals surface area contributed by atoms with E-state index in [-0.39, 0.29) is 26.4 Å². The molecule has 106 valence electrons. The molecule has 0 fully saturated rings. The summed E-state index contributed by atoms with van der Waals surface area (Å²) in [5.74, 6) is -0.253. The molecule has 1 aromatic carbocycles. The van der Waals surface area contributed by atoms with Gasteiger partial charge in [-0.1, -0.05) is 34.8 Å². The molecule has 0 aliphatic heterocycles. The first-order valence-electron chi connectivity index (χ1n) is 5.18. The van der Waals surface area contributed by atoms with E-state index in [2.05, 4.69) is 4.98 Å². The molecule has 0 saturated carbocycles. The van der Waals surface area contributed by atoms with Gasteiger partial charge in [0.1, 0.15) is 11.5 Å². The van der Waals surface area contributed by atoms with E-state index in [0.29, 0.717) is 5.56 Å². The molecule has 8 heteroatoms. The second kappa shape index (κ2) is 5.31. The maximum atomic E-state index is 12.7. The van der Waals surface area contributed by atoms with Crippen LogP contribution in [0, 0.1) is 0 Å². The van der Waals surface area contributed by atoms with Gasteiger partial charge >= 0.3 is 6.18 Å². The molecule has 0 spiro atoms. The monoisotopic (exact) mass is 340 g/mol. The number of alkyl halides is 3. The lowest BCUT2D eigenvalue weighted by atomic mass is 10.1. The van der Waals surface area contributed by atoms with Gasteiger partial charge in [0.25, 0.3) is 0 Å². The lowest BCUT2D eigenvalue weighted by Gasteiger charge is -2.11. The third-order valence-electron chi connectivity index (χ3n) is 2.45. The molecule has 20 heavy (non-hydrogen) atoms. The summed E-state index contributed by atoms with van der Waals surface area (Å²) >= 11 is 17.5. The summed E-state index contributed by atoms with van der Waals surface area (Å²) in [5.41, 5.74) is 4.87. The van der Waals surface area contributed by atoms with Gasteiger partial charge in [-0.25, -0.2) is 4.98 Å². The van der Waals surface area contributed by atoms with Crippen molar-refractivity contribution >= 4 is 40.6 Å². The molecule has 0 radical (unpaired) electrons. The summed E-state index contributed by atoms with van der Waals surface area (Å²) in [6, 6.07) is 4.98. The molecule has 1 heterocycles. The van der Waals surface area contributed by atoms with Crippen molar-refractivity contribution in [3.05, 3.63) is 45.0 Å². The van der Waals surface area contributed by atoms with Crippen molar-refractivity contribution in [1.29, 1.82) is 0 Å². The number of nitrogen functional groups attached to an aromatic ring is 1. The summed E-state index contributed by atoms with van der Waals surface area (Å²) < 4.78 is 38.1. The molecule has 0 amide bonds. The van der Waals surface area contributed by atoms with Gasteiger partial charge in [0.2, 0.25) is 0 Å². The Labute approximate surface area is 127 Å². The summed E-state index contributed by atoms with van der Waals surface area (Å²) in [4.78, 5) is 3.25. The highest BCUT2D eigenvalue weighted by atomic mass is 35.5. The van der Waals surface area contributed by atoms with E-state index < -0.39 is 11.9 Å². The second-order valence-electron chi connectivity index (χ2n) is 3.92. The fourth-order valence-electron chi connectivity index (χ4n) is 1.59. The highest BCUT2D eigenvalue weighted by Crippen LogP contribution is 2.37. The predicted octanol–water partition coefficient (Wildman–Crippen LogP) is 5.31. The van der Waals surface area contributed by atoms with E-state index in [4.69, 9.17) is 40.5 Å². The van der Waals surface area contributed by atoms with Crippen molar-refractivity contribution in [2.75, 3.05) is 5.73 Å². The zero-order chi connectivity index (χ0) is 15.1. The van der Waals surface area contributed by atoms with Crippen molar-refractivity contribution in [3.8, 4) is 11.1 Å². The molecular weight excluding hydrogens is 335 g/mol. The van der Waals surface area contributed by atoms with Gasteiger partial charge in [0.15, 0.2) is 0 Å². The Morgan fingerprint density at radius 2 is 1.40 bits per heavy atom. The van der Waals surface area contributed by atoms with Crippen LogP contribution in [0.4, 0.5) is 19.0 Å². The molecule has 0 atom stereocenters. The molecular formula is C12H6Cl3F3N2. The first kappa shape index (κ1) is 15.2. The topological polar surface area (TPSA) is 38.9 Å². The van der Waals surface area contributed by atoms with Gasteiger partial charge in [-0.15, -0.1) is 0 Å². The summed E-state index contributed by atoms with van der Waals surface area (Å²) in [6.45, 7) is 0. The number of hydrogen-bond donors (Lipinski definition) is 1. The van der Waals surface area contributed by atoms with Crippen molar-refractivity contribution in [2.45, 2.75) is 6.18 Å². The van der Waals surface area contributed by atoms with E-state index in [0.717, 1.165) is 6.07 Å². The Morgan fingerprint density at radius 1 is 0.900 bits per heavy atom. The average molecular weight is 342 g/mol. The third kappa shape index (κ3) is 3.11.